The van der Waals surface area contributed by atoms with E-state index in [1.54, 1.807) is 35.0 Å². The Balaban J connectivity index is 1.56. The number of alkyl halides is 1. The molecule has 0 aliphatic carbocycles. The van der Waals surface area contributed by atoms with E-state index in [0.29, 0.717) is 16.5 Å². The monoisotopic (exact) mass is 521 g/mol. The molecule has 0 saturated carbocycles. The Morgan fingerprint density at radius 3 is 2.60 bits per heavy atom. The summed E-state index contributed by atoms with van der Waals surface area (Å²) in [7, 11) is -4.63. The first-order valence-electron chi connectivity index (χ1n) is 10.6. The van der Waals surface area contributed by atoms with Crippen molar-refractivity contribution in [2.75, 3.05) is 11.9 Å². The third-order valence-corrected chi connectivity index (χ3v) is 6.98. The molecule has 9 nitrogen and oxygen atoms in total. The number of Topliss-reactive ketones (excluding diaryl/α,β-unsaturated/α-hetero) is 1. The molecule has 0 radical (unpaired) electrons. The summed E-state index contributed by atoms with van der Waals surface area (Å²) < 4.78 is 27.5. The molecule has 3 N–H and O–H groups in total. The fourth-order valence-corrected chi connectivity index (χ4v) is 5.17. The summed E-state index contributed by atoms with van der Waals surface area (Å²) in [5, 5.41) is 2.77. The summed E-state index contributed by atoms with van der Waals surface area (Å²) in [4.78, 5) is 58.0. The van der Waals surface area contributed by atoms with Gasteiger partial charge in [0.1, 0.15) is 18.8 Å². The fraction of sp³-hybridized carbons (Fsp3) is 0.261. The van der Waals surface area contributed by atoms with Gasteiger partial charge in [-0.1, -0.05) is 29.8 Å². The molecule has 1 aliphatic rings. The number of ketones is 1. The minimum Gasteiger partial charge on any atom is -0.337 e. The first-order chi connectivity index (χ1) is 16.4. The van der Waals surface area contributed by atoms with Crippen LogP contribution in [-0.4, -0.2) is 55.6 Å². The van der Waals surface area contributed by atoms with Gasteiger partial charge in [-0.05, 0) is 31.2 Å². The van der Waals surface area contributed by atoms with Gasteiger partial charge in [0, 0.05) is 39.8 Å². The second-order valence-corrected chi connectivity index (χ2v) is 10.4. The molecule has 184 valence electrons. The molecule has 0 spiro atoms. The van der Waals surface area contributed by atoms with Crippen LogP contribution in [-0.2, 0) is 20.7 Å². The molecular formula is C23H22ClFN3O6P. The Hall–Kier alpha value is -3.04. The molecule has 2 heterocycles. The second kappa shape index (κ2) is 9.54. The lowest BCUT2D eigenvalue weighted by Gasteiger charge is -2.24. The molecule has 1 fully saturated rings. The van der Waals surface area contributed by atoms with Crippen LogP contribution in [0.5, 0.6) is 0 Å². The zero-order chi connectivity index (χ0) is 25.5. The van der Waals surface area contributed by atoms with Crippen LogP contribution in [0.3, 0.4) is 0 Å². The Morgan fingerprint density at radius 2 is 1.91 bits per heavy atom. The number of aromatic nitrogens is 1. The number of nitrogens with zero attached hydrogens (tertiary/aromatic N) is 2. The van der Waals surface area contributed by atoms with Crippen molar-refractivity contribution in [3.63, 3.8) is 0 Å². The second-order valence-electron chi connectivity index (χ2n) is 8.37. The molecule has 35 heavy (non-hydrogen) atoms. The van der Waals surface area contributed by atoms with Gasteiger partial charge in [-0.25, -0.2) is 4.39 Å². The van der Waals surface area contributed by atoms with E-state index in [4.69, 9.17) is 11.6 Å². The Bertz CT molecular complexity index is 1390. The number of carbonyl (C=O) groups is 3. The first-order valence-corrected chi connectivity index (χ1v) is 12.6. The predicted octanol–water partition coefficient (Wildman–Crippen LogP) is 2.88. The molecule has 2 atom stereocenters. The van der Waals surface area contributed by atoms with Gasteiger partial charge in [0.25, 0.3) is 0 Å². The van der Waals surface area contributed by atoms with Crippen LogP contribution in [0, 0.1) is 0 Å². The van der Waals surface area contributed by atoms with Crippen molar-refractivity contribution < 1.29 is 33.1 Å². The summed E-state index contributed by atoms with van der Waals surface area (Å²) >= 11 is 5.92. The third-order valence-electron chi connectivity index (χ3n) is 5.83. The number of hydrogen-bond donors (Lipinski definition) is 3. The lowest BCUT2D eigenvalue weighted by atomic mass is 10.1. The first kappa shape index (κ1) is 25.1. The van der Waals surface area contributed by atoms with E-state index in [-0.39, 0.29) is 41.3 Å². The van der Waals surface area contributed by atoms with E-state index in [0.717, 1.165) is 17.0 Å². The minimum absolute atomic E-state index is 0.00962. The number of hydrogen-bond acceptors (Lipinski definition) is 4. The van der Waals surface area contributed by atoms with E-state index in [9.17, 15) is 33.1 Å². The van der Waals surface area contributed by atoms with Crippen molar-refractivity contribution in [1.29, 1.82) is 0 Å². The molecule has 12 heteroatoms. The molecule has 0 unspecified atom stereocenters. The summed E-state index contributed by atoms with van der Waals surface area (Å²) in [6.45, 7) is 0.943. The van der Waals surface area contributed by atoms with Gasteiger partial charge >= 0.3 is 7.60 Å². The zero-order valence-electron chi connectivity index (χ0n) is 18.5. The average Bonchev–Trinajstić information content (AvgIpc) is 3.34. The van der Waals surface area contributed by atoms with Crippen LogP contribution < -0.4 is 10.6 Å². The van der Waals surface area contributed by atoms with Gasteiger partial charge in [-0.15, -0.1) is 0 Å². The number of para-hydroxylation sites is 1. The molecule has 1 aromatic heterocycles. The van der Waals surface area contributed by atoms with Crippen molar-refractivity contribution in [1.82, 2.24) is 9.47 Å². The molecule has 4 rings (SSSR count). The van der Waals surface area contributed by atoms with E-state index in [1.807, 2.05) is 0 Å². The van der Waals surface area contributed by atoms with Gasteiger partial charge in [-0.2, -0.15) is 0 Å². The number of benzene rings is 2. The van der Waals surface area contributed by atoms with Crippen LogP contribution in [0.1, 0.15) is 23.7 Å². The number of amides is 2. The highest BCUT2D eigenvalue weighted by atomic mass is 35.5. The highest BCUT2D eigenvalue weighted by Crippen LogP contribution is 2.35. The summed E-state index contributed by atoms with van der Waals surface area (Å²) in [5.74, 6) is -1.38. The van der Waals surface area contributed by atoms with Crippen molar-refractivity contribution in [2.24, 2.45) is 0 Å². The average molecular weight is 522 g/mol. The summed E-state index contributed by atoms with van der Waals surface area (Å²) in [6, 6.07) is 9.40. The highest BCUT2D eigenvalue weighted by molar-refractivity contribution is 7.60. The normalized spacial score (nSPS) is 18.1. The van der Waals surface area contributed by atoms with Crippen molar-refractivity contribution in [3.8, 4) is 0 Å². The topological polar surface area (TPSA) is 129 Å². The van der Waals surface area contributed by atoms with E-state index in [2.05, 4.69) is 5.32 Å². The van der Waals surface area contributed by atoms with Crippen LogP contribution in [0.15, 0.2) is 48.7 Å². The van der Waals surface area contributed by atoms with Crippen molar-refractivity contribution in [3.05, 3.63) is 59.2 Å². The highest BCUT2D eigenvalue weighted by Gasteiger charge is 2.40. The number of anilines is 1. The maximum Gasteiger partial charge on any atom is 0.356 e. The van der Waals surface area contributed by atoms with Gasteiger partial charge in [-0.3, -0.25) is 18.9 Å². The van der Waals surface area contributed by atoms with Gasteiger partial charge in [0.2, 0.25) is 11.8 Å². The molecule has 2 aromatic carbocycles. The lowest BCUT2D eigenvalue weighted by molar-refractivity contribution is -0.137. The molecule has 0 bridgehead atoms. The van der Waals surface area contributed by atoms with Gasteiger partial charge < -0.3 is 24.6 Å². The molecule has 1 aliphatic heterocycles. The Labute approximate surface area is 204 Å². The van der Waals surface area contributed by atoms with Crippen molar-refractivity contribution >= 4 is 58.7 Å². The molecular weight excluding hydrogens is 500 g/mol. The molecule has 2 amide bonds. The number of carbonyl (C=O) groups excluding carboxylic acids is 3. The third kappa shape index (κ3) is 5.31. The van der Waals surface area contributed by atoms with Crippen LogP contribution in [0.2, 0.25) is 5.02 Å². The van der Waals surface area contributed by atoms with Crippen LogP contribution in [0.25, 0.3) is 10.9 Å². The predicted molar refractivity (Wildman–Crippen MR) is 129 cm³/mol. The minimum atomic E-state index is -4.63. The maximum absolute atomic E-state index is 14.3. The summed E-state index contributed by atoms with van der Waals surface area (Å²) in [5.41, 5.74) is 1.12. The number of halogens is 2. The number of likely N-dealkylation sites (tertiary alicyclic amines) is 1. The SMILES string of the molecule is CC(=O)c1cn(CC(=O)N2C[C@H](F)C[C@H]2C(=O)Nc2cc(Cl)cc(P(=O)(O)O)c2)c2ccccc12. The lowest BCUT2D eigenvalue weighted by Crippen LogP contribution is -2.44. The number of nitrogens with one attached hydrogen (secondary N) is 1. The van der Waals surface area contributed by atoms with Crippen LogP contribution >= 0.6 is 19.2 Å². The van der Waals surface area contributed by atoms with Gasteiger partial charge in [0.05, 0.1) is 11.8 Å². The van der Waals surface area contributed by atoms with E-state index in [1.165, 1.54) is 13.0 Å². The largest absolute Gasteiger partial charge is 0.356 e. The Morgan fingerprint density at radius 1 is 1.20 bits per heavy atom. The van der Waals surface area contributed by atoms with E-state index >= 15 is 0 Å². The quantitative estimate of drug-likeness (QED) is 0.338. The standard InChI is InChI=1S/C23H22ClFN3O6P/c1-13(29)19-11-27(20-5-3-2-4-18(19)20)12-22(30)28-10-15(25)8-21(28)23(31)26-16-6-14(24)7-17(9-16)35(32,33)34/h2-7,9,11,15,21H,8,10,12H2,1H3,(H,26,31)(H2,32,33,34)/t15-,21+/m1/s1. The van der Waals surface area contributed by atoms with Crippen LogP contribution in [0.4, 0.5) is 10.1 Å². The zero-order valence-corrected chi connectivity index (χ0v) is 20.2. The molecule has 3 aromatic rings. The fourth-order valence-electron chi connectivity index (χ4n) is 4.24. The van der Waals surface area contributed by atoms with E-state index < -0.39 is 31.6 Å². The van der Waals surface area contributed by atoms with Gasteiger partial charge in [0.15, 0.2) is 5.78 Å². The number of fused-ring (bicyclic) bond motifs is 1. The van der Waals surface area contributed by atoms with Crippen molar-refractivity contribution in [2.45, 2.75) is 32.1 Å². The maximum atomic E-state index is 14.3. The summed E-state index contributed by atoms with van der Waals surface area (Å²) in [6.07, 6.45) is -0.0819. The smallest absolute Gasteiger partial charge is 0.337 e. The Kier molecular flexibility index (Phi) is 6.83. The molecule has 1 saturated heterocycles. The number of rotatable bonds is 6.